The van der Waals surface area contributed by atoms with Crippen molar-refractivity contribution < 1.29 is 18.7 Å². The Kier molecular flexibility index (Phi) is 3.95. The van der Waals surface area contributed by atoms with E-state index in [2.05, 4.69) is 20.2 Å². The molecule has 3 N–H and O–H groups in total. The summed E-state index contributed by atoms with van der Waals surface area (Å²) in [4.78, 5) is 21.8. The summed E-state index contributed by atoms with van der Waals surface area (Å²) in [5.41, 5.74) is 8.16. The van der Waals surface area contributed by atoms with Crippen LogP contribution in [0.3, 0.4) is 0 Å². The Hall–Kier alpha value is -3.29. The monoisotopic (exact) mass is 330 g/mol. The van der Waals surface area contributed by atoms with Crippen LogP contribution in [0.4, 0.5) is 25.2 Å². The molecule has 8 heteroatoms. The van der Waals surface area contributed by atoms with Crippen LogP contribution in [0.15, 0.2) is 36.8 Å². The first-order chi connectivity index (χ1) is 11.5. The highest BCUT2D eigenvalue weighted by Crippen LogP contribution is 2.32. The number of benzene rings is 1. The minimum Gasteiger partial charge on any atom is -0.398 e. The lowest BCUT2D eigenvalue weighted by Gasteiger charge is -2.10. The largest absolute Gasteiger partial charge is 0.450 e. The normalized spacial score (nSPS) is 10.6. The van der Waals surface area contributed by atoms with Gasteiger partial charge in [0.25, 0.3) is 0 Å². The molecule has 0 saturated heterocycles. The molecular weight excluding hydrogens is 318 g/mol. The van der Waals surface area contributed by atoms with Crippen LogP contribution in [0.25, 0.3) is 21.9 Å². The third-order valence-corrected chi connectivity index (χ3v) is 3.63. The average molecular weight is 330 g/mol. The molecule has 2 heterocycles. The van der Waals surface area contributed by atoms with Gasteiger partial charge in [-0.2, -0.15) is 0 Å². The maximum absolute atomic E-state index is 13.7. The third-order valence-electron chi connectivity index (χ3n) is 3.63. The Bertz CT molecular complexity index is 947. The van der Waals surface area contributed by atoms with Gasteiger partial charge in [0.1, 0.15) is 11.6 Å². The van der Waals surface area contributed by atoms with Crippen molar-refractivity contribution in [3.8, 4) is 11.1 Å². The second-order valence-electron chi connectivity index (χ2n) is 5.14. The first-order valence-corrected chi connectivity index (χ1v) is 6.89. The Morgan fingerprint density at radius 1 is 1.25 bits per heavy atom. The molecule has 3 aromatic rings. The fourth-order valence-electron chi connectivity index (χ4n) is 2.42. The minimum atomic E-state index is -1.28. The van der Waals surface area contributed by atoms with E-state index in [1.165, 1.54) is 12.3 Å². The molecule has 122 valence electrons. The summed E-state index contributed by atoms with van der Waals surface area (Å²) in [6.07, 6.45) is 2.84. The molecule has 0 spiro atoms. The van der Waals surface area contributed by atoms with Crippen LogP contribution in [0.5, 0.6) is 0 Å². The van der Waals surface area contributed by atoms with Gasteiger partial charge in [-0.05, 0) is 41.6 Å². The van der Waals surface area contributed by atoms with Crippen molar-refractivity contribution >= 4 is 28.4 Å². The molecule has 24 heavy (non-hydrogen) atoms. The van der Waals surface area contributed by atoms with Crippen LogP contribution in [0.2, 0.25) is 0 Å². The number of hydrogen-bond acceptors (Lipinski definition) is 5. The molecule has 1 amide bonds. The molecule has 0 aliphatic carbocycles. The summed E-state index contributed by atoms with van der Waals surface area (Å²) in [5.74, 6) is -0.329. The van der Waals surface area contributed by atoms with Gasteiger partial charge < -0.3 is 5.73 Å². The lowest BCUT2D eigenvalue weighted by atomic mass is 9.99. The number of carbonyl (C=O) groups excluding carboxylic acids is 1. The van der Waals surface area contributed by atoms with E-state index in [4.69, 9.17) is 5.73 Å². The average Bonchev–Trinajstić information content (AvgIpc) is 2.56. The van der Waals surface area contributed by atoms with Gasteiger partial charge in [-0.3, -0.25) is 10.3 Å². The van der Waals surface area contributed by atoms with Crippen LogP contribution >= 0.6 is 0 Å². The lowest BCUT2D eigenvalue weighted by molar-refractivity contribution is -0.0544. The van der Waals surface area contributed by atoms with Gasteiger partial charge in [-0.15, -0.1) is 0 Å². The molecule has 0 fully saturated rings. The highest BCUT2D eigenvalue weighted by molar-refractivity contribution is 5.98. The van der Waals surface area contributed by atoms with Crippen LogP contribution in [0, 0.1) is 12.7 Å². The number of anilines is 2. The summed E-state index contributed by atoms with van der Waals surface area (Å²) < 4.78 is 25.5. The maximum atomic E-state index is 13.7. The quantitative estimate of drug-likeness (QED) is 0.698. The number of carbonyl (C=O) groups is 1. The molecule has 6 nitrogen and oxygen atoms in total. The van der Waals surface area contributed by atoms with E-state index in [1.54, 1.807) is 25.3 Å². The topological polar surface area (TPSA) is 90.1 Å². The summed E-state index contributed by atoms with van der Waals surface area (Å²) in [6.45, 7) is 1.64. The van der Waals surface area contributed by atoms with Crippen molar-refractivity contribution in [1.82, 2.24) is 9.97 Å². The fraction of sp³-hybridized carbons (Fsp3) is 0.0625. The van der Waals surface area contributed by atoms with E-state index in [0.29, 0.717) is 33.2 Å². The van der Waals surface area contributed by atoms with Crippen LogP contribution in [-0.4, -0.2) is 16.1 Å². The highest BCUT2D eigenvalue weighted by atomic mass is 19.3. The molecule has 0 bridgehead atoms. The second-order valence-corrected chi connectivity index (χ2v) is 5.14. The number of nitrogen functional groups attached to an aromatic ring is 1. The molecule has 1 aromatic carbocycles. The van der Waals surface area contributed by atoms with Gasteiger partial charge in [0, 0.05) is 33.6 Å². The highest BCUT2D eigenvalue weighted by Gasteiger charge is 2.11. The molecule has 0 saturated carbocycles. The zero-order valence-corrected chi connectivity index (χ0v) is 12.5. The number of pyridine rings is 2. The fourth-order valence-corrected chi connectivity index (χ4v) is 2.42. The second kappa shape index (κ2) is 6.07. The third kappa shape index (κ3) is 2.81. The molecule has 3 rings (SSSR count). The first-order valence-electron chi connectivity index (χ1n) is 6.89. The number of hydrogen-bond donors (Lipinski definition) is 2. The molecule has 0 unspecified atom stereocenters. The summed E-state index contributed by atoms with van der Waals surface area (Å²) in [5, 5.41) is 3.40. The number of halogens is 2. The van der Waals surface area contributed by atoms with E-state index < -0.39 is 11.9 Å². The predicted molar refractivity (Wildman–Crippen MR) is 85.3 cm³/mol. The van der Waals surface area contributed by atoms with Crippen molar-refractivity contribution in [2.45, 2.75) is 6.92 Å². The van der Waals surface area contributed by atoms with Gasteiger partial charge in [0.15, 0.2) is 0 Å². The zero-order chi connectivity index (χ0) is 17.3. The molecule has 0 atom stereocenters. The van der Waals surface area contributed by atoms with E-state index >= 15 is 0 Å². The van der Waals surface area contributed by atoms with Crippen LogP contribution < -0.4 is 11.1 Å². The zero-order valence-electron chi connectivity index (χ0n) is 12.5. The number of aromatic nitrogens is 2. The van der Waals surface area contributed by atoms with E-state index in [1.807, 2.05) is 0 Å². The number of fused-ring (bicyclic) bond motifs is 1. The number of nitrogens with zero attached hydrogens (tertiary/aromatic N) is 2. The smallest absolute Gasteiger partial charge is 0.398 e. The Labute approximate surface area is 135 Å². The minimum absolute atomic E-state index is 0.0933. The number of rotatable bonds is 2. The Morgan fingerprint density at radius 3 is 2.79 bits per heavy atom. The summed E-state index contributed by atoms with van der Waals surface area (Å²) in [6, 6.07) is 4.95. The van der Waals surface area contributed by atoms with E-state index in [-0.39, 0.29) is 5.82 Å². The Balaban J connectivity index is 2.13. The van der Waals surface area contributed by atoms with E-state index in [0.717, 1.165) is 6.20 Å². The number of amides is 1. The Morgan fingerprint density at radius 2 is 2.04 bits per heavy atom. The molecule has 0 radical (unpaired) electrons. The van der Waals surface area contributed by atoms with Crippen LogP contribution in [0.1, 0.15) is 5.56 Å². The molecule has 0 aliphatic heterocycles. The van der Waals surface area contributed by atoms with Crippen molar-refractivity contribution in [2.75, 3.05) is 11.1 Å². The van der Waals surface area contributed by atoms with Crippen molar-refractivity contribution in [2.24, 2.45) is 0 Å². The molecular formula is C16H12F2N4O2. The van der Waals surface area contributed by atoms with Gasteiger partial charge >= 0.3 is 6.09 Å². The molecule has 2 aromatic heterocycles. The van der Waals surface area contributed by atoms with E-state index in [9.17, 15) is 13.7 Å². The molecule has 0 aliphatic rings. The van der Waals surface area contributed by atoms with Crippen molar-refractivity contribution in [3.63, 3.8) is 0 Å². The van der Waals surface area contributed by atoms with Crippen molar-refractivity contribution in [3.05, 3.63) is 48.2 Å². The maximum Gasteiger partial charge on any atom is 0.450 e. The van der Waals surface area contributed by atoms with Gasteiger partial charge in [0.2, 0.25) is 0 Å². The van der Waals surface area contributed by atoms with Crippen LogP contribution in [-0.2, 0) is 4.94 Å². The standard InChI is InChI=1S/C16H12F2N4O2/c1-8-11(5-20-7-13(8)17)9-2-10-4-15(22-16(23)24-18)21-6-12(10)14(19)3-9/h2-7H,19H2,1H3,(H,21,22,23). The summed E-state index contributed by atoms with van der Waals surface area (Å²) in [7, 11) is 0. The number of nitrogens with two attached hydrogens (primary N) is 1. The van der Waals surface area contributed by atoms with Gasteiger partial charge in [-0.25, -0.2) is 19.1 Å². The van der Waals surface area contributed by atoms with Gasteiger partial charge in [0.05, 0.1) is 6.20 Å². The predicted octanol–water partition coefficient (Wildman–Crippen LogP) is 3.76. The van der Waals surface area contributed by atoms with Gasteiger partial charge in [-0.1, -0.05) is 0 Å². The first kappa shape index (κ1) is 15.6. The summed E-state index contributed by atoms with van der Waals surface area (Å²) >= 11 is 0. The number of nitrogens with one attached hydrogen (secondary N) is 1. The SMILES string of the molecule is Cc1c(F)cncc1-c1cc(N)c2cnc(NC(=O)OF)cc2c1. The van der Waals surface area contributed by atoms with Crippen molar-refractivity contribution in [1.29, 1.82) is 0 Å². The lowest BCUT2D eigenvalue weighted by Crippen LogP contribution is -2.10.